The monoisotopic (exact) mass is 364 g/mol. The van der Waals surface area contributed by atoms with Crippen LogP contribution in [0.1, 0.15) is 65.7 Å². The second-order valence-electron chi connectivity index (χ2n) is 8.84. The molecule has 0 unspecified atom stereocenters. The van der Waals surface area contributed by atoms with Crippen LogP contribution in [0.4, 0.5) is 0 Å². The molecule has 0 radical (unpaired) electrons. The van der Waals surface area contributed by atoms with Gasteiger partial charge in [-0.1, -0.05) is 20.3 Å². The predicted molar refractivity (Wildman–Crippen MR) is 97.1 cm³/mol. The molecule has 0 aromatic carbocycles. The summed E-state index contributed by atoms with van der Waals surface area (Å²) in [4.78, 5) is 24.4. The fraction of sp³-hybridized carbons (Fsp3) is 0.810. The highest BCUT2D eigenvalue weighted by Gasteiger charge is 2.67. The molecule has 3 rings (SSSR count). The first-order valence-electron chi connectivity index (χ1n) is 9.79. The molecule has 1 spiro atoms. The topological polar surface area (TPSA) is 61.8 Å². The van der Waals surface area contributed by atoms with E-state index in [1.54, 1.807) is 0 Å². The second kappa shape index (κ2) is 6.58. The van der Waals surface area contributed by atoms with Crippen LogP contribution in [0.2, 0.25) is 0 Å². The molecular formula is C21H32O5. The predicted octanol–water partition coefficient (Wildman–Crippen LogP) is 4.01. The first-order chi connectivity index (χ1) is 12.2. The lowest BCUT2D eigenvalue weighted by Gasteiger charge is -2.62. The van der Waals surface area contributed by atoms with E-state index >= 15 is 0 Å². The van der Waals surface area contributed by atoms with Gasteiger partial charge in [0.25, 0.3) is 0 Å². The summed E-state index contributed by atoms with van der Waals surface area (Å²) in [5.41, 5.74) is -0.907. The number of methoxy groups -OCH3 is 2. The average Bonchev–Trinajstić information content (AvgIpc) is 3.04. The average molecular weight is 364 g/mol. The van der Waals surface area contributed by atoms with Gasteiger partial charge in [0.1, 0.15) is 11.4 Å². The van der Waals surface area contributed by atoms with E-state index < -0.39 is 5.41 Å². The number of carbonyl (C=O) groups is 2. The quantitative estimate of drug-likeness (QED) is 0.547. The summed E-state index contributed by atoms with van der Waals surface area (Å²) in [5, 5.41) is 0. The van der Waals surface area contributed by atoms with Gasteiger partial charge in [-0.25, -0.2) is 4.79 Å². The molecule has 26 heavy (non-hydrogen) atoms. The van der Waals surface area contributed by atoms with E-state index in [0.717, 1.165) is 50.7 Å². The number of hydrogen-bond donors (Lipinski definition) is 0. The smallest absolute Gasteiger partial charge is 0.333 e. The molecule has 0 aromatic heterocycles. The normalized spacial score (nSPS) is 43.7. The zero-order valence-corrected chi connectivity index (χ0v) is 16.7. The van der Waals surface area contributed by atoms with Gasteiger partial charge in [-0.15, -0.1) is 0 Å². The Balaban J connectivity index is 2.00. The first kappa shape index (κ1) is 19.2. The minimum atomic E-state index is -0.465. The summed E-state index contributed by atoms with van der Waals surface area (Å²) in [6, 6.07) is 0. The van der Waals surface area contributed by atoms with Crippen molar-refractivity contribution in [1.82, 2.24) is 0 Å². The van der Waals surface area contributed by atoms with E-state index in [-0.39, 0.29) is 28.9 Å². The molecule has 3 aliphatic rings. The second-order valence-corrected chi connectivity index (χ2v) is 8.84. The van der Waals surface area contributed by atoms with E-state index in [9.17, 15) is 9.59 Å². The van der Waals surface area contributed by atoms with Crippen LogP contribution in [-0.2, 0) is 23.8 Å². The summed E-state index contributed by atoms with van der Waals surface area (Å²) in [5.74, 6) is 0.861. The lowest BCUT2D eigenvalue weighted by molar-refractivity contribution is -0.214. The molecule has 1 heterocycles. The zero-order valence-electron chi connectivity index (χ0n) is 16.7. The molecule has 0 bridgehead atoms. The Labute approximate surface area is 156 Å². The first-order valence-corrected chi connectivity index (χ1v) is 9.79. The van der Waals surface area contributed by atoms with Crippen molar-refractivity contribution in [3.63, 3.8) is 0 Å². The fourth-order valence-corrected chi connectivity index (χ4v) is 6.39. The number of ether oxygens (including phenoxy) is 3. The van der Waals surface area contributed by atoms with Crippen molar-refractivity contribution in [3.05, 3.63) is 11.8 Å². The number of rotatable bonds is 2. The Morgan fingerprint density at radius 3 is 2.50 bits per heavy atom. The van der Waals surface area contributed by atoms with Gasteiger partial charge in [-0.05, 0) is 50.9 Å². The van der Waals surface area contributed by atoms with Crippen LogP contribution in [0.5, 0.6) is 0 Å². The Hall–Kier alpha value is -1.52. The summed E-state index contributed by atoms with van der Waals surface area (Å²) >= 11 is 0. The maximum atomic E-state index is 12.7. The molecule has 0 N–H and O–H groups in total. The Morgan fingerprint density at radius 1 is 1.12 bits per heavy atom. The van der Waals surface area contributed by atoms with Gasteiger partial charge in [-0.3, -0.25) is 4.79 Å². The van der Waals surface area contributed by atoms with Crippen molar-refractivity contribution in [2.75, 3.05) is 14.2 Å². The zero-order chi connectivity index (χ0) is 19.2. The molecule has 1 saturated heterocycles. The number of hydrogen-bond acceptors (Lipinski definition) is 5. The molecule has 0 aromatic rings. The molecule has 5 nitrogen and oxygen atoms in total. The van der Waals surface area contributed by atoms with Crippen molar-refractivity contribution >= 4 is 11.9 Å². The summed E-state index contributed by atoms with van der Waals surface area (Å²) in [6.07, 6.45) is 8.07. The molecule has 5 atom stereocenters. The summed E-state index contributed by atoms with van der Waals surface area (Å²) < 4.78 is 16.5. The SMILES string of the molecule is COC(=O)/C=C1\CC[C@@]2(O1)[C@H](C)CC[C@H]1[C@](C)(C(=O)OC)CCC[C@@]12C. The van der Waals surface area contributed by atoms with Crippen LogP contribution in [0.25, 0.3) is 0 Å². The van der Waals surface area contributed by atoms with Gasteiger partial charge in [0, 0.05) is 11.8 Å². The third-order valence-electron chi connectivity index (χ3n) is 7.77. The van der Waals surface area contributed by atoms with Crippen molar-refractivity contribution in [3.8, 4) is 0 Å². The third kappa shape index (κ3) is 2.57. The lowest BCUT2D eigenvalue weighted by atomic mass is 9.44. The molecule has 2 saturated carbocycles. The van der Waals surface area contributed by atoms with Crippen molar-refractivity contribution < 1.29 is 23.8 Å². The van der Waals surface area contributed by atoms with Gasteiger partial charge in [0.15, 0.2) is 0 Å². The third-order valence-corrected chi connectivity index (χ3v) is 7.77. The standard InChI is InChI=1S/C21H32O5/c1-14-7-8-16-19(2,18(23)25-5)10-6-11-20(16,3)21(14)12-9-15(26-21)13-17(22)24-4/h13-14,16H,6-12H2,1-5H3/b15-13+/t14-,16+,19-,20+,21-/m1/s1. The van der Waals surface area contributed by atoms with Crippen molar-refractivity contribution in [1.29, 1.82) is 0 Å². The molecular weight excluding hydrogens is 332 g/mol. The molecule has 0 amide bonds. The van der Waals surface area contributed by atoms with Gasteiger partial charge in [0.2, 0.25) is 0 Å². The van der Waals surface area contributed by atoms with Crippen molar-refractivity contribution in [2.24, 2.45) is 22.7 Å². The van der Waals surface area contributed by atoms with E-state index in [1.165, 1.54) is 20.3 Å². The molecule has 2 aliphatic carbocycles. The fourth-order valence-electron chi connectivity index (χ4n) is 6.39. The van der Waals surface area contributed by atoms with Crippen LogP contribution in [0, 0.1) is 22.7 Å². The highest BCUT2D eigenvalue weighted by Crippen LogP contribution is 2.67. The van der Waals surface area contributed by atoms with E-state index in [4.69, 9.17) is 14.2 Å². The van der Waals surface area contributed by atoms with Crippen LogP contribution in [0.3, 0.4) is 0 Å². The maximum absolute atomic E-state index is 12.7. The highest BCUT2D eigenvalue weighted by atomic mass is 16.5. The van der Waals surface area contributed by atoms with Crippen LogP contribution >= 0.6 is 0 Å². The number of fused-ring (bicyclic) bond motifs is 2. The molecule has 146 valence electrons. The lowest BCUT2D eigenvalue weighted by Crippen LogP contribution is -2.63. The Morgan fingerprint density at radius 2 is 1.85 bits per heavy atom. The molecule has 1 aliphatic heterocycles. The van der Waals surface area contributed by atoms with E-state index in [1.807, 2.05) is 0 Å². The molecule has 5 heteroatoms. The van der Waals surface area contributed by atoms with Crippen molar-refractivity contribution in [2.45, 2.75) is 71.3 Å². The van der Waals surface area contributed by atoms with E-state index in [0.29, 0.717) is 5.92 Å². The summed E-state index contributed by atoms with van der Waals surface area (Å²) in [7, 11) is 2.87. The minimum absolute atomic E-state index is 0.0959. The number of esters is 2. The van der Waals surface area contributed by atoms with Crippen LogP contribution in [-0.4, -0.2) is 31.8 Å². The molecule has 3 fully saturated rings. The van der Waals surface area contributed by atoms with Gasteiger partial charge < -0.3 is 14.2 Å². The van der Waals surface area contributed by atoms with Crippen LogP contribution in [0.15, 0.2) is 11.8 Å². The summed E-state index contributed by atoms with van der Waals surface area (Å²) in [6.45, 7) is 6.63. The van der Waals surface area contributed by atoms with Gasteiger partial charge >= 0.3 is 11.9 Å². The number of allylic oxidation sites excluding steroid dienone is 1. The number of carbonyl (C=O) groups excluding carboxylic acids is 2. The Bertz CT molecular complexity index is 626. The minimum Gasteiger partial charge on any atom is -0.490 e. The van der Waals surface area contributed by atoms with Gasteiger partial charge in [-0.2, -0.15) is 0 Å². The van der Waals surface area contributed by atoms with Crippen LogP contribution < -0.4 is 0 Å². The van der Waals surface area contributed by atoms with Gasteiger partial charge in [0.05, 0.1) is 25.7 Å². The highest BCUT2D eigenvalue weighted by molar-refractivity contribution is 5.82. The maximum Gasteiger partial charge on any atom is 0.333 e. The largest absolute Gasteiger partial charge is 0.490 e. The van der Waals surface area contributed by atoms with E-state index in [2.05, 4.69) is 20.8 Å². The Kier molecular flexibility index (Phi) is 4.87.